The molecule has 2 aliphatic heterocycles. The van der Waals surface area contributed by atoms with Crippen LogP contribution in [-0.4, -0.2) is 53.6 Å². The van der Waals surface area contributed by atoms with Crippen molar-refractivity contribution in [1.82, 2.24) is 9.80 Å². The van der Waals surface area contributed by atoms with Gasteiger partial charge in [-0.3, -0.25) is 4.79 Å². The van der Waals surface area contributed by atoms with Crippen molar-refractivity contribution in [3.8, 4) is 0 Å². The fourth-order valence-electron chi connectivity index (χ4n) is 3.64. The first-order valence-corrected chi connectivity index (χ1v) is 8.35. The van der Waals surface area contributed by atoms with E-state index in [0.29, 0.717) is 5.56 Å². The second-order valence-electron chi connectivity index (χ2n) is 7.74. The molecule has 1 aromatic carbocycles. The van der Waals surface area contributed by atoms with Gasteiger partial charge < -0.3 is 14.5 Å². The molecule has 2 atom stereocenters. The summed E-state index contributed by atoms with van der Waals surface area (Å²) in [6, 6.07) is 3.41. The van der Waals surface area contributed by atoms with E-state index < -0.39 is 29.3 Å². The van der Waals surface area contributed by atoms with Crippen LogP contribution in [0, 0.1) is 0 Å². The number of alkyl halides is 3. The minimum absolute atomic E-state index is 0.214. The summed E-state index contributed by atoms with van der Waals surface area (Å²) in [4.78, 5) is 27.7. The number of amides is 2. The smallest absolute Gasteiger partial charge is 0.417 e. The Hall–Kier alpha value is -2.25. The van der Waals surface area contributed by atoms with E-state index in [2.05, 4.69) is 0 Å². The van der Waals surface area contributed by atoms with Gasteiger partial charge in [-0.2, -0.15) is 13.2 Å². The van der Waals surface area contributed by atoms with Gasteiger partial charge in [0.25, 0.3) is 5.91 Å². The Labute approximate surface area is 149 Å². The van der Waals surface area contributed by atoms with Crippen LogP contribution < -0.4 is 0 Å². The number of carbonyl (C=O) groups excluding carboxylic acids is 2. The highest BCUT2D eigenvalue weighted by Gasteiger charge is 2.49. The van der Waals surface area contributed by atoms with Crippen molar-refractivity contribution in [2.24, 2.45) is 0 Å². The van der Waals surface area contributed by atoms with Gasteiger partial charge in [-0.05, 0) is 32.4 Å². The van der Waals surface area contributed by atoms with Crippen molar-refractivity contribution in [1.29, 1.82) is 0 Å². The van der Waals surface area contributed by atoms with Crippen molar-refractivity contribution in [2.75, 3.05) is 20.1 Å². The molecule has 2 heterocycles. The maximum Gasteiger partial charge on any atom is 0.417 e. The van der Waals surface area contributed by atoms with E-state index in [9.17, 15) is 22.8 Å². The van der Waals surface area contributed by atoms with Gasteiger partial charge in [-0.15, -0.1) is 0 Å². The lowest BCUT2D eigenvalue weighted by Crippen LogP contribution is -2.46. The highest BCUT2D eigenvalue weighted by Crippen LogP contribution is 2.43. The standard InChI is InChI=1S/C18H21F3N2O3/c1-17(2,3)26-16(25)23-8-11-10-6-5-7-12(18(19,20)21)14(10)15(24)22(4)13(11)9-23/h5-7,11,13H,8-9H2,1-4H3. The number of likely N-dealkylation sites (N-methyl/N-ethyl adjacent to an activating group) is 1. The second kappa shape index (κ2) is 5.89. The van der Waals surface area contributed by atoms with Gasteiger partial charge >= 0.3 is 12.3 Å². The number of benzene rings is 1. The molecule has 2 aliphatic rings. The number of halogens is 3. The molecule has 2 amide bonds. The van der Waals surface area contributed by atoms with Crippen LogP contribution in [0.3, 0.4) is 0 Å². The topological polar surface area (TPSA) is 49.9 Å². The summed E-state index contributed by atoms with van der Waals surface area (Å²) in [6.07, 6.45) is -5.14. The fraction of sp³-hybridized carbons (Fsp3) is 0.556. The minimum atomic E-state index is -4.61. The molecule has 1 aromatic rings. The number of nitrogens with zero attached hydrogens (tertiary/aromatic N) is 2. The molecule has 2 unspecified atom stereocenters. The number of hydrogen-bond donors (Lipinski definition) is 0. The first kappa shape index (κ1) is 18.5. The zero-order valence-electron chi connectivity index (χ0n) is 15.1. The maximum absolute atomic E-state index is 13.4. The van der Waals surface area contributed by atoms with Crippen LogP contribution in [0.25, 0.3) is 0 Å². The molecule has 5 nitrogen and oxygen atoms in total. The van der Waals surface area contributed by atoms with Gasteiger partial charge in [0.1, 0.15) is 5.60 Å². The summed E-state index contributed by atoms with van der Waals surface area (Å²) >= 11 is 0. The molecular formula is C18H21F3N2O3. The third-order valence-electron chi connectivity index (χ3n) is 4.77. The van der Waals surface area contributed by atoms with Gasteiger partial charge in [-0.25, -0.2) is 4.79 Å². The predicted molar refractivity (Wildman–Crippen MR) is 87.9 cm³/mol. The van der Waals surface area contributed by atoms with Crippen molar-refractivity contribution >= 4 is 12.0 Å². The predicted octanol–water partition coefficient (Wildman–Crippen LogP) is 3.49. The molecular weight excluding hydrogens is 349 g/mol. The molecule has 142 valence electrons. The van der Waals surface area contributed by atoms with Crippen molar-refractivity contribution in [3.05, 3.63) is 34.9 Å². The molecule has 1 fully saturated rings. The monoisotopic (exact) mass is 370 g/mol. The van der Waals surface area contributed by atoms with E-state index in [1.807, 2.05) is 0 Å². The zero-order chi connectivity index (χ0) is 19.4. The molecule has 8 heteroatoms. The summed E-state index contributed by atoms with van der Waals surface area (Å²) in [5, 5.41) is 0. The molecule has 0 aromatic heterocycles. The zero-order valence-corrected chi connectivity index (χ0v) is 15.1. The fourth-order valence-corrected chi connectivity index (χ4v) is 3.64. The van der Waals surface area contributed by atoms with Gasteiger partial charge in [0, 0.05) is 26.1 Å². The number of likely N-dealkylation sites (tertiary alicyclic amines) is 1. The number of hydrogen-bond acceptors (Lipinski definition) is 3. The summed E-state index contributed by atoms with van der Waals surface area (Å²) < 4.78 is 45.4. The van der Waals surface area contributed by atoms with Gasteiger partial charge in [0.05, 0.1) is 17.2 Å². The maximum atomic E-state index is 13.4. The highest BCUT2D eigenvalue weighted by molar-refractivity contribution is 5.99. The van der Waals surface area contributed by atoms with Crippen molar-refractivity contribution in [2.45, 2.75) is 44.5 Å². The van der Waals surface area contributed by atoms with E-state index in [4.69, 9.17) is 4.74 Å². The van der Waals surface area contributed by atoms with Crippen LogP contribution in [0.2, 0.25) is 0 Å². The molecule has 0 bridgehead atoms. The molecule has 0 saturated carbocycles. The first-order chi connectivity index (χ1) is 11.9. The van der Waals surface area contributed by atoms with E-state index in [1.54, 1.807) is 26.8 Å². The van der Waals surface area contributed by atoms with Crippen molar-refractivity contribution < 1.29 is 27.5 Å². The average Bonchev–Trinajstić information content (AvgIpc) is 2.95. The Morgan fingerprint density at radius 3 is 2.42 bits per heavy atom. The summed E-state index contributed by atoms with van der Waals surface area (Å²) in [6.45, 7) is 5.68. The number of rotatable bonds is 0. The van der Waals surface area contributed by atoms with E-state index in [1.165, 1.54) is 22.9 Å². The van der Waals surface area contributed by atoms with Gasteiger partial charge in [0.2, 0.25) is 0 Å². The number of carbonyl (C=O) groups is 2. The molecule has 0 radical (unpaired) electrons. The third kappa shape index (κ3) is 3.12. The molecule has 3 rings (SSSR count). The molecule has 0 spiro atoms. The van der Waals surface area contributed by atoms with Crippen molar-refractivity contribution in [3.63, 3.8) is 0 Å². The Balaban J connectivity index is 1.98. The minimum Gasteiger partial charge on any atom is -0.444 e. The summed E-state index contributed by atoms with van der Waals surface area (Å²) in [5.74, 6) is -1.04. The molecule has 0 aliphatic carbocycles. The largest absolute Gasteiger partial charge is 0.444 e. The van der Waals surface area contributed by atoms with Crippen LogP contribution >= 0.6 is 0 Å². The van der Waals surface area contributed by atoms with Gasteiger partial charge in [-0.1, -0.05) is 12.1 Å². The first-order valence-electron chi connectivity index (χ1n) is 8.35. The van der Waals surface area contributed by atoms with Crippen LogP contribution in [0.15, 0.2) is 18.2 Å². The number of fused-ring (bicyclic) bond motifs is 3. The molecule has 1 saturated heterocycles. The Kier molecular flexibility index (Phi) is 4.20. The highest BCUT2D eigenvalue weighted by atomic mass is 19.4. The van der Waals surface area contributed by atoms with Gasteiger partial charge in [0.15, 0.2) is 0 Å². The average molecular weight is 370 g/mol. The van der Waals surface area contributed by atoms with E-state index in [-0.39, 0.29) is 30.6 Å². The SMILES string of the molecule is CN1C(=O)c2c(cccc2C(F)(F)F)C2CN(C(=O)OC(C)(C)C)CC21. The quantitative estimate of drug-likeness (QED) is 0.702. The molecule has 26 heavy (non-hydrogen) atoms. The van der Waals surface area contributed by atoms with Crippen LogP contribution in [0.5, 0.6) is 0 Å². The lowest BCUT2D eigenvalue weighted by Gasteiger charge is -2.36. The summed E-state index contributed by atoms with van der Waals surface area (Å²) in [7, 11) is 1.48. The van der Waals surface area contributed by atoms with Crippen LogP contribution in [-0.2, 0) is 10.9 Å². The Morgan fingerprint density at radius 2 is 1.85 bits per heavy atom. The lowest BCUT2D eigenvalue weighted by atomic mass is 9.83. The molecule has 0 N–H and O–H groups in total. The van der Waals surface area contributed by atoms with E-state index >= 15 is 0 Å². The summed E-state index contributed by atoms with van der Waals surface area (Å²) in [5.41, 5.74) is -1.57. The van der Waals surface area contributed by atoms with Crippen LogP contribution in [0.1, 0.15) is 48.2 Å². The Bertz CT molecular complexity index is 755. The number of ether oxygens (including phenoxy) is 1. The normalized spacial score (nSPS) is 23.0. The van der Waals surface area contributed by atoms with Crippen LogP contribution in [0.4, 0.5) is 18.0 Å². The second-order valence-corrected chi connectivity index (χ2v) is 7.74. The van der Waals surface area contributed by atoms with E-state index in [0.717, 1.165) is 6.07 Å². The third-order valence-corrected chi connectivity index (χ3v) is 4.77. The lowest BCUT2D eigenvalue weighted by molar-refractivity contribution is -0.138. The Morgan fingerprint density at radius 1 is 1.19 bits per heavy atom.